The molecule has 3 N–H and O–H groups in total. The SMILES string of the molecule is Cl.NC(Cc1ccccc1)C(=O)Nc1nc(C2CC2)cs1. The Hall–Kier alpha value is -1.43. The molecule has 21 heavy (non-hydrogen) atoms. The summed E-state index contributed by atoms with van der Waals surface area (Å²) in [6, 6.07) is 9.24. The van der Waals surface area contributed by atoms with E-state index >= 15 is 0 Å². The van der Waals surface area contributed by atoms with Gasteiger partial charge in [0, 0.05) is 11.3 Å². The van der Waals surface area contributed by atoms with Crippen LogP contribution in [0.25, 0.3) is 0 Å². The molecule has 0 bridgehead atoms. The lowest BCUT2D eigenvalue weighted by atomic mass is 10.1. The second-order valence-corrected chi connectivity index (χ2v) is 6.00. The van der Waals surface area contributed by atoms with Crippen LogP contribution >= 0.6 is 23.7 Å². The van der Waals surface area contributed by atoms with Crippen LogP contribution in [-0.2, 0) is 11.2 Å². The highest BCUT2D eigenvalue weighted by atomic mass is 35.5. The van der Waals surface area contributed by atoms with Crippen LogP contribution < -0.4 is 11.1 Å². The van der Waals surface area contributed by atoms with Crippen LogP contribution in [0.4, 0.5) is 5.13 Å². The normalized spacial score (nSPS) is 15.1. The predicted molar refractivity (Wildman–Crippen MR) is 88.1 cm³/mol. The van der Waals surface area contributed by atoms with Crippen LogP contribution in [0, 0.1) is 0 Å². The number of halogens is 1. The molecule has 1 aliphatic carbocycles. The summed E-state index contributed by atoms with van der Waals surface area (Å²) in [7, 11) is 0. The number of nitrogens with two attached hydrogens (primary N) is 1. The van der Waals surface area contributed by atoms with Gasteiger partial charge >= 0.3 is 0 Å². The zero-order valence-corrected chi connectivity index (χ0v) is 13.1. The standard InChI is InChI=1S/C15H17N3OS.ClH/c16-12(8-10-4-2-1-3-5-10)14(19)18-15-17-13(9-20-15)11-6-7-11;/h1-5,9,11-12H,6-8,16H2,(H,17,18,19);1H. The van der Waals surface area contributed by atoms with Crippen LogP contribution in [0.2, 0.25) is 0 Å². The predicted octanol–water partition coefficient (Wildman–Crippen LogP) is 2.95. The fourth-order valence-corrected chi connectivity index (χ4v) is 2.86. The first kappa shape index (κ1) is 15.9. The van der Waals surface area contributed by atoms with Gasteiger partial charge in [-0.1, -0.05) is 30.3 Å². The number of carbonyl (C=O) groups excluding carboxylic acids is 1. The van der Waals surface area contributed by atoms with Crippen molar-refractivity contribution in [3.63, 3.8) is 0 Å². The molecule has 1 unspecified atom stereocenters. The number of thiazole rings is 1. The van der Waals surface area contributed by atoms with E-state index in [2.05, 4.69) is 10.3 Å². The number of anilines is 1. The maximum absolute atomic E-state index is 12.0. The van der Waals surface area contributed by atoms with Gasteiger partial charge in [0.15, 0.2) is 5.13 Å². The Morgan fingerprint density at radius 1 is 1.38 bits per heavy atom. The highest BCUT2D eigenvalue weighted by Crippen LogP contribution is 2.40. The van der Waals surface area contributed by atoms with Gasteiger partial charge in [0.25, 0.3) is 0 Å². The van der Waals surface area contributed by atoms with Crippen molar-refractivity contribution in [2.45, 2.75) is 31.2 Å². The second kappa shape index (κ2) is 7.02. The van der Waals surface area contributed by atoms with Gasteiger partial charge in [0.1, 0.15) is 0 Å². The van der Waals surface area contributed by atoms with Gasteiger partial charge in [-0.2, -0.15) is 0 Å². The average Bonchev–Trinajstić information content (AvgIpc) is 3.20. The average molecular weight is 324 g/mol. The van der Waals surface area contributed by atoms with Crippen molar-refractivity contribution in [1.82, 2.24) is 4.98 Å². The first-order chi connectivity index (χ1) is 9.72. The Balaban J connectivity index is 0.00000161. The maximum Gasteiger partial charge on any atom is 0.243 e. The highest BCUT2D eigenvalue weighted by molar-refractivity contribution is 7.13. The Kier molecular flexibility index (Phi) is 5.33. The second-order valence-electron chi connectivity index (χ2n) is 5.14. The number of carbonyl (C=O) groups is 1. The van der Waals surface area contributed by atoms with Gasteiger partial charge in [0.2, 0.25) is 5.91 Å². The van der Waals surface area contributed by atoms with E-state index < -0.39 is 6.04 Å². The third kappa shape index (κ3) is 4.27. The van der Waals surface area contributed by atoms with E-state index in [0.717, 1.165) is 11.3 Å². The molecule has 1 aliphatic rings. The number of hydrogen-bond acceptors (Lipinski definition) is 4. The van der Waals surface area contributed by atoms with Gasteiger partial charge < -0.3 is 11.1 Å². The smallest absolute Gasteiger partial charge is 0.243 e. The first-order valence-electron chi connectivity index (χ1n) is 6.78. The lowest BCUT2D eigenvalue weighted by molar-refractivity contribution is -0.117. The van der Waals surface area contributed by atoms with Crippen molar-refractivity contribution in [3.05, 3.63) is 47.0 Å². The molecule has 112 valence electrons. The molecule has 1 saturated carbocycles. The molecule has 0 aliphatic heterocycles. The Morgan fingerprint density at radius 2 is 2.10 bits per heavy atom. The minimum Gasteiger partial charge on any atom is -0.320 e. The Labute approximate surface area is 134 Å². The monoisotopic (exact) mass is 323 g/mol. The lowest BCUT2D eigenvalue weighted by Crippen LogP contribution is -2.37. The van der Waals surface area contributed by atoms with E-state index in [1.165, 1.54) is 24.2 Å². The molecular weight excluding hydrogens is 306 g/mol. The number of nitrogens with zero attached hydrogens (tertiary/aromatic N) is 1. The van der Waals surface area contributed by atoms with Gasteiger partial charge in [-0.25, -0.2) is 4.98 Å². The quantitative estimate of drug-likeness (QED) is 0.889. The molecule has 1 aromatic heterocycles. The van der Waals surface area contributed by atoms with Crippen LogP contribution in [-0.4, -0.2) is 16.9 Å². The van der Waals surface area contributed by atoms with E-state index in [0.29, 0.717) is 17.5 Å². The number of amides is 1. The van der Waals surface area contributed by atoms with Crippen LogP contribution in [0.1, 0.15) is 30.0 Å². The molecule has 4 nitrogen and oxygen atoms in total. The minimum atomic E-state index is -0.550. The molecule has 1 amide bonds. The minimum absolute atomic E-state index is 0. The summed E-state index contributed by atoms with van der Waals surface area (Å²) >= 11 is 1.47. The number of benzene rings is 1. The molecule has 1 atom stereocenters. The summed E-state index contributed by atoms with van der Waals surface area (Å²) in [5.41, 5.74) is 8.10. The Bertz CT molecular complexity index is 598. The highest BCUT2D eigenvalue weighted by Gasteiger charge is 2.26. The van der Waals surface area contributed by atoms with Crippen LogP contribution in [0.15, 0.2) is 35.7 Å². The van der Waals surface area contributed by atoms with Crippen molar-refractivity contribution < 1.29 is 4.79 Å². The summed E-state index contributed by atoms with van der Waals surface area (Å²) < 4.78 is 0. The van der Waals surface area contributed by atoms with Crippen molar-refractivity contribution in [2.24, 2.45) is 5.73 Å². The van der Waals surface area contributed by atoms with E-state index in [-0.39, 0.29) is 18.3 Å². The molecule has 3 rings (SSSR count). The molecule has 6 heteroatoms. The third-order valence-electron chi connectivity index (χ3n) is 3.38. The van der Waals surface area contributed by atoms with Crippen molar-refractivity contribution in [1.29, 1.82) is 0 Å². The van der Waals surface area contributed by atoms with Crippen molar-refractivity contribution >= 4 is 34.8 Å². The molecule has 1 heterocycles. The summed E-state index contributed by atoms with van der Waals surface area (Å²) in [6.07, 6.45) is 2.96. The number of hydrogen-bond donors (Lipinski definition) is 2. The lowest BCUT2D eigenvalue weighted by Gasteiger charge is -2.10. The summed E-state index contributed by atoms with van der Waals surface area (Å²) in [4.78, 5) is 16.5. The summed E-state index contributed by atoms with van der Waals surface area (Å²) in [6.45, 7) is 0. The van der Waals surface area contributed by atoms with Gasteiger partial charge in [0.05, 0.1) is 11.7 Å². The van der Waals surface area contributed by atoms with Crippen LogP contribution in [0.3, 0.4) is 0 Å². The van der Waals surface area contributed by atoms with E-state index in [1.807, 2.05) is 35.7 Å². The molecule has 1 fully saturated rings. The zero-order valence-electron chi connectivity index (χ0n) is 11.5. The first-order valence-corrected chi connectivity index (χ1v) is 7.66. The van der Waals surface area contributed by atoms with Crippen molar-refractivity contribution in [2.75, 3.05) is 5.32 Å². The Morgan fingerprint density at radius 3 is 2.76 bits per heavy atom. The topological polar surface area (TPSA) is 68.0 Å². The van der Waals surface area contributed by atoms with Gasteiger partial charge in [-0.3, -0.25) is 4.79 Å². The summed E-state index contributed by atoms with van der Waals surface area (Å²) in [5.74, 6) is 0.431. The molecule has 0 radical (unpaired) electrons. The maximum atomic E-state index is 12.0. The zero-order chi connectivity index (χ0) is 13.9. The van der Waals surface area contributed by atoms with E-state index in [1.54, 1.807) is 0 Å². The summed E-state index contributed by atoms with van der Waals surface area (Å²) in [5, 5.41) is 5.49. The van der Waals surface area contributed by atoms with E-state index in [9.17, 15) is 4.79 Å². The number of aromatic nitrogens is 1. The number of nitrogens with one attached hydrogen (secondary N) is 1. The van der Waals surface area contributed by atoms with E-state index in [4.69, 9.17) is 5.73 Å². The largest absolute Gasteiger partial charge is 0.320 e. The fourth-order valence-electron chi connectivity index (χ4n) is 2.07. The molecular formula is C15H18ClN3OS. The van der Waals surface area contributed by atoms with Crippen LogP contribution in [0.5, 0.6) is 0 Å². The molecule has 1 aromatic carbocycles. The molecule has 2 aromatic rings. The van der Waals surface area contributed by atoms with Crippen molar-refractivity contribution in [3.8, 4) is 0 Å². The van der Waals surface area contributed by atoms with Gasteiger partial charge in [-0.05, 0) is 24.8 Å². The fraction of sp³-hybridized carbons (Fsp3) is 0.333. The van der Waals surface area contributed by atoms with Gasteiger partial charge in [-0.15, -0.1) is 23.7 Å². The third-order valence-corrected chi connectivity index (χ3v) is 4.16. The number of rotatable bonds is 5. The molecule has 0 saturated heterocycles. The molecule has 0 spiro atoms.